The van der Waals surface area contributed by atoms with Crippen molar-refractivity contribution in [2.45, 2.75) is 20.8 Å². The molecule has 106 valence electrons. The number of carbonyl (C=O) groups is 2. The maximum Gasteiger partial charge on any atom is 0.325 e. The molecule has 1 aromatic rings. The first-order chi connectivity index (χ1) is 8.95. The van der Waals surface area contributed by atoms with Gasteiger partial charge in [0.25, 0.3) is 5.91 Å². The van der Waals surface area contributed by atoms with Crippen molar-refractivity contribution in [3.63, 3.8) is 0 Å². The van der Waals surface area contributed by atoms with Crippen LogP contribution in [0.15, 0.2) is 15.9 Å². The summed E-state index contributed by atoms with van der Waals surface area (Å²) in [5.74, 6) is -0.218. The van der Waals surface area contributed by atoms with E-state index in [4.69, 9.17) is 4.74 Å². The Balaban J connectivity index is 2.81. The van der Waals surface area contributed by atoms with E-state index in [0.29, 0.717) is 18.0 Å². The Labute approximate surface area is 125 Å². The molecule has 0 spiro atoms. The van der Waals surface area contributed by atoms with Crippen LogP contribution in [0.1, 0.15) is 30.4 Å². The van der Waals surface area contributed by atoms with Crippen LogP contribution >= 0.6 is 27.3 Å². The lowest BCUT2D eigenvalue weighted by Gasteiger charge is -2.23. The SMILES string of the molecule is CCOC(=O)CN(CC(C)C)C(=O)c1sccc1Br. The van der Waals surface area contributed by atoms with Crippen LogP contribution in [0.3, 0.4) is 0 Å². The molecule has 0 aliphatic carbocycles. The normalized spacial score (nSPS) is 10.6. The third kappa shape index (κ3) is 4.95. The maximum atomic E-state index is 12.4. The Morgan fingerprint density at radius 3 is 2.63 bits per heavy atom. The number of hydrogen-bond acceptors (Lipinski definition) is 4. The molecule has 0 atom stereocenters. The van der Waals surface area contributed by atoms with Gasteiger partial charge in [-0.1, -0.05) is 13.8 Å². The molecular formula is C13H18BrNO3S. The first-order valence-electron chi connectivity index (χ1n) is 6.13. The van der Waals surface area contributed by atoms with Gasteiger partial charge in [0.1, 0.15) is 11.4 Å². The van der Waals surface area contributed by atoms with Gasteiger partial charge in [-0.25, -0.2) is 0 Å². The lowest BCUT2D eigenvalue weighted by Crippen LogP contribution is -2.38. The fourth-order valence-electron chi connectivity index (χ4n) is 1.61. The van der Waals surface area contributed by atoms with Crippen molar-refractivity contribution < 1.29 is 14.3 Å². The number of halogens is 1. The highest BCUT2D eigenvalue weighted by atomic mass is 79.9. The van der Waals surface area contributed by atoms with Gasteiger partial charge in [0, 0.05) is 11.0 Å². The number of nitrogens with zero attached hydrogens (tertiary/aromatic N) is 1. The lowest BCUT2D eigenvalue weighted by molar-refractivity contribution is -0.143. The Morgan fingerprint density at radius 1 is 1.47 bits per heavy atom. The van der Waals surface area contributed by atoms with Crippen molar-refractivity contribution in [3.05, 3.63) is 20.8 Å². The standard InChI is InChI=1S/C13H18BrNO3S/c1-4-18-11(16)8-15(7-9(2)3)13(17)12-10(14)5-6-19-12/h5-6,9H,4,7-8H2,1-3H3. The summed E-state index contributed by atoms with van der Waals surface area (Å²) in [5.41, 5.74) is 0. The Bertz CT molecular complexity index is 445. The second-order valence-corrected chi connectivity index (χ2v) is 6.25. The van der Waals surface area contributed by atoms with Crippen molar-refractivity contribution >= 4 is 39.1 Å². The number of rotatable bonds is 6. The van der Waals surface area contributed by atoms with Gasteiger partial charge < -0.3 is 9.64 Å². The fraction of sp³-hybridized carbons (Fsp3) is 0.538. The van der Waals surface area contributed by atoms with Gasteiger partial charge in [-0.2, -0.15) is 0 Å². The minimum absolute atomic E-state index is 0.00477. The number of amides is 1. The molecule has 0 N–H and O–H groups in total. The number of ether oxygens (including phenoxy) is 1. The van der Waals surface area contributed by atoms with Crippen LogP contribution in [0.25, 0.3) is 0 Å². The van der Waals surface area contributed by atoms with Crippen molar-refractivity contribution in [3.8, 4) is 0 Å². The molecule has 1 aromatic heterocycles. The summed E-state index contributed by atoms with van der Waals surface area (Å²) in [6.45, 7) is 6.62. The molecule has 0 bridgehead atoms. The molecule has 0 aromatic carbocycles. The molecule has 0 saturated heterocycles. The zero-order valence-corrected chi connectivity index (χ0v) is 13.7. The average Bonchev–Trinajstić information content (AvgIpc) is 2.73. The minimum Gasteiger partial charge on any atom is -0.465 e. The third-order valence-electron chi connectivity index (χ3n) is 2.31. The van der Waals surface area contributed by atoms with Gasteiger partial charge in [0.15, 0.2) is 0 Å². The van der Waals surface area contributed by atoms with E-state index in [1.807, 2.05) is 25.3 Å². The molecule has 0 unspecified atom stereocenters. The second kappa shape index (κ2) is 7.65. The minimum atomic E-state index is -0.371. The highest BCUT2D eigenvalue weighted by Gasteiger charge is 2.23. The molecule has 4 nitrogen and oxygen atoms in total. The first kappa shape index (κ1) is 16.2. The van der Waals surface area contributed by atoms with Crippen LogP contribution in [0, 0.1) is 5.92 Å². The second-order valence-electron chi connectivity index (χ2n) is 4.48. The molecule has 1 amide bonds. The van der Waals surface area contributed by atoms with Crippen LogP contribution < -0.4 is 0 Å². The molecule has 1 rings (SSSR count). The monoisotopic (exact) mass is 347 g/mol. The van der Waals surface area contributed by atoms with E-state index in [-0.39, 0.29) is 24.3 Å². The van der Waals surface area contributed by atoms with Gasteiger partial charge in [0.2, 0.25) is 0 Å². The largest absolute Gasteiger partial charge is 0.465 e. The summed E-state index contributed by atoms with van der Waals surface area (Å²) in [7, 11) is 0. The predicted octanol–water partition coefficient (Wildman–Crippen LogP) is 3.17. The van der Waals surface area contributed by atoms with Crippen molar-refractivity contribution in [1.29, 1.82) is 0 Å². The molecule has 1 heterocycles. The topological polar surface area (TPSA) is 46.6 Å². The lowest BCUT2D eigenvalue weighted by atomic mass is 10.2. The smallest absolute Gasteiger partial charge is 0.325 e. The summed E-state index contributed by atoms with van der Waals surface area (Å²) in [4.78, 5) is 26.1. The van der Waals surface area contributed by atoms with Crippen LogP contribution in [0.4, 0.5) is 0 Å². The molecule has 0 aliphatic rings. The van der Waals surface area contributed by atoms with E-state index in [9.17, 15) is 9.59 Å². The average molecular weight is 348 g/mol. The van der Waals surface area contributed by atoms with Crippen molar-refractivity contribution in [2.75, 3.05) is 19.7 Å². The third-order valence-corrected chi connectivity index (χ3v) is 4.14. The Morgan fingerprint density at radius 2 is 2.16 bits per heavy atom. The molecule has 0 aliphatic heterocycles. The van der Waals surface area contributed by atoms with Crippen molar-refractivity contribution in [2.24, 2.45) is 5.92 Å². The van der Waals surface area contributed by atoms with Crippen LogP contribution in [-0.4, -0.2) is 36.5 Å². The van der Waals surface area contributed by atoms with E-state index >= 15 is 0 Å². The zero-order chi connectivity index (χ0) is 14.4. The Kier molecular flexibility index (Phi) is 6.51. The van der Waals surface area contributed by atoms with Gasteiger partial charge in [-0.05, 0) is 40.2 Å². The zero-order valence-electron chi connectivity index (χ0n) is 11.3. The highest BCUT2D eigenvalue weighted by molar-refractivity contribution is 9.10. The van der Waals surface area contributed by atoms with Gasteiger partial charge in [-0.3, -0.25) is 9.59 Å². The van der Waals surface area contributed by atoms with Crippen LogP contribution in [-0.2, 0) is 9.53 Å². The number of esters is 1. The fourth-order valence-corrected chi connectivity index (χ4v) is 3.12. The molecule has 19 heavy (non-hydrogen) atoms. The summed E-state index contributed by atoms with van der Waals surface area (Å²) in [6, 6.07) is 1.83. The molecule has 0 fully saturated rings. The summed E-state index contributed by atoms with van der Waals surface area (Å²) >= 11 is 4.71. The van der Waals surface area contributed by atoms with Crippen LogP contribution in [0.5, 0.6) is 0 Å². The first-order valence-corrected chi connectivity index (χ1v) is 7.80. The summed E-state index contributed by atoms with van der Waals surface area (Å²) in [5, 5.41) is 1.84. The van der Waals surface area contributed by atoms with Gasteiger partial charge >= 0.3 is 5.97 Å². The number of thiophene rings is 1. The van der Waals surface area contributed by atoms with E-state index in [0.717, 1.165) is 4.47 Å². The summed E-state index contributed by atoms with van der Waals surface area (Å²) in [6.07, 6.45) is 0. The van der Waals surface area contributed by atoms with E-state index < -0.39 is 0 Å². The van der Waals surface area contributed by atoms with E-state index in [1.165, 1.54) is 11.3 Å². The molecule has 0 radical (unpaired) electrons. The molecule has 0 saturated carbocycles. The predicted molar refractivity (Wildman–Crippen MR) is 79.4 cm³/mol. The van der Waals surface area contributed by atoms with Gasteiger partial charge in [0.05, 0.1) is 6.61 Å². The van der Waals surface area contributed by atoms with Crippen molar-refractivity contribution in [1.82, 2.24) is 4.90 Å². The maximum absolute atomic E-state index is 12.4. The molecular weight excluding hydrogens is 330 g/mol. The highest BCUT2D eigenvalue weighted by Crippen LogP contribution is 2.24. The number of carbonyl (C=O) groups excluding carboxylic acids is 2. The molecule has 6 heteroatoms. The quantitative estimate of drug-likeness (QED) is 0.742. The van der Waals surface area contributed by atoms with E-state index in [1.54, 1.807) is 11.8 Å². The summed E-state index contributed by atoms with van der Waals surface area (Å²) < 4.78 is 5.67. The Hall–Kier alpha value is -0.880. The van der Waals surface area contributed by atoms with Crippen LogP contribution in [0.2, 0.25) is 0 Å². The van der Waals surface area contributed by atoms with E-state index in [2.05, 4.69) is 15.9 Å². The van der Waals surface area contributed by atoms with Gasteiger partial charge in [-0.15, -0.1) is 11.3 Å². The number of hydrogen-bond donors (Lipinski definition) is 0.